The fraction of sp³-hybridized carbons (Fsp3) is 0.273. The summed E-state index contributed by atoms with van der Waals surface area (Å²) < 4.78 is 12.8. The fourth-order valence-electron chi connectivity index (χ4n) is 3.83. The summed E-state index contributed by atoms with van der Waals surface area (Å²) in [6, 6.07) is 10.9. The average molecular weight is 419 g/mol. The van der Waals surface area contributed by atoms with Gasteiger partial charge in [-0.3, -0.25) is 9.59 Å². The molecule has 2 amide bonds. The SMILES string of the molecule is O=C(NCc1cccnc1-n1cccn1)C1CC(=O)N(c2ccc3c(c2)OCCO3)C1. The molecule has 1 aromatic carbocycles. The van der Waals surface area contributed by atoms with Crippen molar-refractivity contribution in [3.05, 3.63) is 60.6 Å². The summed E-state index contributed by atoms with van der Waals surface area (Å²) in [6.45, 7) is 1.61. The Bertz CT molecular complexity index is 1110. The third kappa shape index (κ3) is 3.81. The van der Waals surface area contributed by atoms with E-state index in [2.05, 4.69) is 15.4 Å². The summed E-state index contributed by atoms with van der Waals surface area (Å²) in [5.41, 5.74) is 1.55. The van der Waals surface area contributed by atoms with Crippen molar-refractivity contribution in [3.63, 3.8) is 0 Å². The van der Waals surface area contributed by atoms with E-state index in [-0.39, 0.29) is 18.2 Å². The first kappa shape index (κ1) is 19.1. The largest absolute Gasteiger partial charge is 0.486 e. The molecule has 1 N–H and O–H groups in total. The summed E-state index contributed by atoms with van der Waals surface area (Å²) in [7, 11) is 0. The number of rotatable bonds is 5. The lowest BCUT2D eigenvalue weighted by Gasteiger charge is -2.22. The Kier molecular flexibility index (Phi) is 4.99. The van der Waals surface area contributed by atoms with Crippen molar-refractivity contribution in [1.29, 1.82) is 0 Å². The minimum atomic E-state index is -0.425. The maximum atomic E-state index is 12.8. The van der Waals surface area contributed by atoms with Gasteiger partial charge in [-0.05, 0) is 24.3 Å². The van der Waals surface area contributed by atoms with E-state index in [4.69, 9.17) is 9.47 Å². The summed E-state index contributed by atoms with van der Waals surface area (Å²) in [5.74, 6) is 1.27. The molecule has 1 fully saturated rings. The lowest BCUT2D eigenvalue weighted by atomic mass is 10.1. The number of aromatic nitrogens is 3. The van der Waals surface area contributed by atoms with Crippen molar-refractivity contribution in [3.8, 4) is 17.3 Å². The molecular formula is C22H21N5O4. The van der Waals surface area contributed by atoms with Gasteiger partial charge in [0.1, 0.15) is 13.2 Å². The Morgan fingerprint density at radius 1 is 1.13 bits per heavy atom. The van der Waals surface area contributed by atoms with E-state index in [0.29, 0.717) is 49.3 Å². The molecule has 4 heterocycles. The maximum Gasteiger partial charge on any atom is 0.227 e. The van der Waals surface area contributed by atoms with E-state index in [1.165, 1.54) is 0 Å². The Morgan fingerprint density at radius 3 is 2.84 bits per heavy atom. The highest BCUT2D eigenvalue weighted by Crippen LogP contribution is 2.36. The molecule has 2 aliphatic heterocycles. The smallest absolute Gasteiger partial charge is 0.227 e. The number of fused-ring (bicyclic) bond motifs is 1. The predicted molar refractivity (Wildman–Crippen MR) is 111 cm³/mol. The minimum absolute atomic E-state index is 0.0876. The van der Waals surface area contributed by atoms with Crippen molar-refractivity contribution in [2.75, 3.05) is 24.7 Å². The van der Waals surface area contributed by atoms with Crippen LogP contribution in [0.4, 0.5) is 5.69 Å². The summed E-state index contributed by atoms with van der Waals surface area (Å²) in [4.78, 5) is 31.4. The average Bonchev–Trinajstić information content (AvgIpc) is 3.47. The molecule has 5 rings (SSSR count). The monoisotopic (exact) mass is 419 g/mol. The highest BCUT2D eigenvalue weighted by molar-refractivity contribution is 6.00. The third-order valence-electron chi connectivity index (χ3n) is 5.38. The van der Waals surface area contributed by atoms with Crippen molar-refractivity contribution in [2.24, 2.45) is 5.92 Å². The molecule has 0 aliphatic carbocycles. The highest BCUT2D eigenvalue weighted by atomic mass is 16.6. The Balaban J connectivity index is 1.25. The van der Waals surface area contributed by atoms with Crippen molar-refractivity contribution in [2.45, 2.75) is 13.0 Å². The van der Waals surface area contributed by atoms with Gasteiger partial charge >= 0.3 is 0 Å². The molecule has 0 bridgehead atoms. The molecule has 3 aromatic rings. The van der Waals surface area contributed by atoms with E-state index >= 15 is 0 Å². The van der Waals surface area contributed by atoms with Crippen LogP contribution in [0.5, 0.6) is 11.5 Å². The third-order valence-corrected chi connectivity index (χ3v) is 5.38. The highest BCUT2D eigenvalue weighted by Gasteiger charge is 2.35. The first-order valence-corrected chi connectivity index (χ1v) is 10.1. The van der Waals surface area contributed by atoms with Crippen LogP contribution >= 0.6 is 0 Å². The van der Waals surface area contributed by atoms with Gasteiger partial charge in [-0.15, -0.1) is 0 Å². The van der Waals surface area contributed by atoms with Gasteiger partial charge in [0.25, 0.3) is 0 Å². The summed E-state index contributed by atoms with van der Waals surface area (Å²) in [5, 5.41) is 7.15. The number of hydrogen-bond donors (Lipinski definition) is 1. The van der Waals surface area contributed by atoms with Gasteiger partial charge in [0.15, 0.2) is 17.3 Å². The fourth-order valence-corrected chi connectivity index (χ4v) is 3.83. The predicted octanol–water partition coefficient (Wildman–Crippen LogP) is 1.71. The molecule has 0 saturated carbocycles. The molecule has 0 spiro atoms. The second-order valence-corrected chi connectivity index (χ2v) is 7.39. The quantitative estimate of drug-likeness (QED) is 0.676. The van der Waals surface area contributed by atoms with Gasteiger partial charge in [0.05, 0.1) is 5.92 Å². The molecule has 158 valence electrons. The first-order chi connectivity index (χ1) is 15.2. The molecule has 9 heteroatoms. The van der Waals surface area contributed by atoms with Crippen LogP contribution < -0.4 is 19.7 Å². The van der Waals surface area contributed by atoms with Crippen LogP contribution in [0.15, 0.2) is 55.0 Å². The number of nitrogens with one attached hydrogen (secondary N) is 1. The molecule has 1 unspecified atom stereocenters. The zero-order chi connectivity index (χ0) is 21.2. The van der Waals surface area contributed by atoms with Gasteiger partial charge in [0, 0.05) is 55.4 Å². The Labute approximate surface area is 178 Å². The number of anilines is 1. The molecule has 31 heavy (non-hydrogen) atoms. The number of amides is 2. The second kappa shape index (κ2) is 8.10. The summed E-state index contributed by atoms with van der Waals surface area (Å²) >= 11 is 0. The van der Waals surface area contributed by atoms with Gasteiger partial charge < -0.3 is 19.7 Å². The van der Waals surface area contributed by atoms with Gasteiger partial charge in [-0.1, -0.05) is 6.07 Å². The zero-order valence-electron chi connectivity index (χ0n) is 16.7. The number of carbonyl (C=O) groups excluding carboxylic acids is 2. The normalized spacial score (nSPS) is 17.6. The van der Waals surface area contributed by atoms with E-state index in [1.54, 1.807) is 40.3 Å². The van der Waals surface area contributed by atoms with E-state index in [9.17, 15) is 9.59 Å². The molecule has 2 aromatic heterocycles. The van der Waals surface area contributed by atoms with Crippen molar-refractivity contribution in [1.82, 2.24) is 20.1 Å². The number of carbonyl (C=O) groups is 2. The minimum Gasteiger partial charge on any atom is -0.486 e. The molecular weight excluding hydrogens is 398 g/mol. The number of ether oxygens (including phenoxy) is 2. The standard InChI is InChI=1S/C22H21N5O4/c28-20-11-16(14-26(20)17-4-5-18-19(12-17)31-10-9-30-18)22(29)24-13-15-3-1-6-23-21(15)27-8-2-7-25-27/h1-8,12,16H,9-11,13-14H2,(H,24,29). The van der Waals surface area contributed by atoms with Crippen molar-refractivity contribution >= 4 is 17.5 Å². The molecule has 1 atom stereocenters. The number of benzene rings is 1. The first-order valence-electron chi connectivity index (χ1n) is 10.1. The molecule has 1 saturated heterocycles. The molecule has 9 nitrogen and oxygen atoms in total. The number of nitrogens with zero attached hydrogens (tertiary/aromatic N) is 4. The van der Waals surface area contributed by atoms with Crippen molar-refractivity contribution < 1.29 is 19.1 Å². The van der Waals surface area contributed by atoms with Crippen LogP contribution in [0.25, 0.3) is 5.82 Å². The summed E-state index contributed by atoms with van der Waals surface area (Å²) in [6.07, 6.45) is 5.32. The lowest BCUT2D eigenvalue weighted by molar-refractivity contribution is -0.126. The Hall–Kier alpha value is -3.88. The van der Waals surface area contributed by atoms with E-state index < -0.39 is 5.92 Å². The van der Waals surface area contributed by atoms with Crippen LogP contribution in [0.3, 0.4) is 0 Å². The Morgan fingerprint density at radius 2 is 2.00 bits per heavy atom. The zero-order valence-corrected chi connectivity index (χ0v) is 16.7. The van der Waals surface area contributed by atoms with Gasteiger partial charge in [0.2, 0.25) is 11.8 Å². The second-order valence-electron chi connectivity index (χ2n) is 7.39. The number of hydrogen-bond acceptors (Lipinski definition) is 6. The van der Waals surface area contributed by atoms with Gasteiger partial charge in [-0.25, -0.2) is 9.67 Å². The maximum absolute atomic E-state index is 12.8. The molecule has 0 radical (unpaired) electrons. The lowest BCUT2D eigenvalue weighted by Crippen LogP contribution is -2.33. The van der Waals surface area contributed by atoms with Crippen LogP contribution in [-0.4, -0.2) is 46.3 Å². The number of pyridine rings is 1. The van der Waals surface area contributed by atoms with Gasteiger partial charge in [-0.2, -0.15) is 5.10 Å². The van der Waals surface area contributed by atoms with E-state index in [0.717, 1.165) is 5.56 Å². The van der Waals surface area contributed by atoms with Crippen LogP contribution in [0, 0.1) is 5.92 Å². The van der Waals surface area contributed by atoms with Crippen LogP contribution in [0.2, 0.25) is 0 Å². The van der Waals surface area contributed by atoms with Crippen LogP contribution in [0.1, 0.15) is 12.0 Å². The molecule has 2 aliphatic rings. The topological polar surface area (TPSA) is 98.6 Å². The van der Waals surface area contributed by atoms with E-state index in [1.807, 2.05) is 24.3 Å². The van der Waals surface area contributed by atoms with Crippen LogP contribution in [-0.2, 0) is 16.1 Å².